The second kappa shape index (κ2) is 7.85. The standard InChI is InChI=1S/C27H39NO4/c1-6-24(2,3)28-23(31)32-27(22(30)17-29)16-13-21-19-11-10-18-9-7-8-14-25(18,4)20(19)12-15-26(21,27)5/h8-9,14,17,19-21H,6-7,10-13,15-16H2,1-5H3,(H,28,31)/t19-,20+,21+,25+,26+,27+/m1/s1. The van der Waals surface area contributed by atoms with Gasteiger partial charge in [0.25, 0.3) is 0 Å². The van der Waals surface area contributed by atoms with Gasteiger partial charge in [-0.2, -0.15) is 0 Å². The fourth-order valence-electron chi connectivity index (χ4n) is 7.60. The molecule has 0 aromatic heterocycles. The highest BCUT2D eigenvalue weighted by Gasteiger charge is 2.68. The van der Waals surface area contributed by atoms with Gasteiger partial charge in [-0.1, -0.05) is 44.6 Å². The Hall–Kier alpha value is -1.91. The van der Waals surface area contributed by atoms with Crippen LogP contribution in [0.2, 0.25) is 0 Å². The summed E-state index contributed by atoms with van der Waals surface area (Å²) in [4.78, 5) is 37.8. The van der Waals surface area contributed by atoms with Crippen LogP contribution in [0.15, 0.2) is 23.8 Å². The summed E-state index contributed by atoms with van der Waals surface area (Å²) in [7, 11) is 0. The molecule has 6 atom stereocenters. The van der Waals surface area contributed by atoms with Crippen LogP contribution in [-0.4, -0.2) is 29.3 Å². The maximum Gasteiger partial charge on any atom is 0.408 e. The van der Waals surface area contributed by atoms with E-state index in [0.29, 0.717) is 24.5 Å². The number of amides is 1. The van der Waals surface area contributed by atoms with Crippen LogP contribution < -0.4 is 5.32 Å². The Morgan fingerprint density at radius 3 is 2.59 bits per heavy atom. The molecule has 0 saturated heterocycles. The first-order chi connectivity index (χ1) is 15.0. The Balaban J connectivity index is 1.66. The molecule has 3 saturated carbocycles. The lowest BCUT2D eigenvalue weighted by Crippen LogP contribution is -2.60. The summed E-state index contributed by atoms with van der Waals surface area (Å²) < 4.78 is 6.02. The predicted octanol–water partition coefficient (Wildman–Crippen LogP) is 5.54. The number of alkyl carbamates (subject to hydrolysis) is 1. The van der Waals surface area contributed by atoms with Crippen LogP contribution in [0.25, 0.3) is 0 Å². The van der Waals surface area contributed by atoms with Gasteiger partial charge in [0.1, 0.15) is 0 Å². The summed E-state index contributed by atoms with van der Waals surface area (Å²) in [6.07, 6.45) is 13.9. The number of ketones is 1. The normalized spacial score (nSPS) is 40.4. The van der Waals surface area contributed by atoms with Crippen LogP contribution in [0.1, 0.15) is 86.0 Å². The molecule has 4 aliphatic carbocycles. The van der Waals surface area contributed by atoms with E-state index in [1.54, 1.807) is 5.57 Å². The Kier molecular flexibility index (Phi) is 5.70. The van der Waals surface area contributed by atoms with Crippen molar-refractivity contribution in [2.45, 2.75) is 97.1 Å². The first kappa shape index (κ1) is 23.3. The van der Waals surface area contributed by atoms with E-state index < -0.39 is 28.4 Å². The molecule has 4 aliphatic rings. The molecule has 176 valence electrons. The van der Waals surface area contributed by atoms with Crippen molar-refractivity contribution < 1.29 is 19.1 Å². The summed E-state index contributed by atoms with van der Waals surface area (Å²) >= 11 is 0. The van der Waals surface area contributed by atoms with Gasteiger partial charge in [0, 0.05) is 16.4 Å². The fraction of sp³-hybridized carbons (Fsp3) is 0.741. The molecule has 32 heavy (non-hydrogen) atoms. The van der Waals surface area contributed by atoms with Crippen LogP contribution in [0.4, 0.5) is 4.79 Å². The molecule has 5 heteroatoms. The topological polar surface area (TPSA) is 72.5 Å². The van der Waals surface area contributed by atoms with E-state index >= 15 is 0 Å². The highest BCUT2D eigenvalue weighted by molar-refractivity contribution is 6.29. The number of aldehydes is 1. The molecule has 0 heterocycles. The largest absolute Gasteiger partial charge is 0.434 e. The lowest BCUT2D eigenvalue weighted by molar-refractivity contribution is -0.163. The first-order valence-corrected chi connectivity index (χ1v) is 12.4. The van der Waals surface area contributed by atoms with Gasteiger partial charge in [0.2, 0.25) is 5.78 Å². The minimum atomic E-state index is -1.36. The molecule has 0 radical (unpaired) electrons. The van der Waals surface area contributed by atoms with Crippen LogP contribution in [0, 0.1) is 28.6 Å². The fourth-order valence-corrected chi connectivity index (χ4v) is 7.60. The smallest absolute Gasteiger partial charge is 0.408 e. The zero-order valence-electron chi connectivity index (χ0n) is 20.3. The lowest BCUT2D eigenvalue weighted by Gasteiger charge is -2.58. The number of nitrogens with one attached hydrogen (secondary N) is 1. The summed E-state index contributed by atoms with van der Waals surface area (Å²) in [5.41, 5.74) is -0.664. The molecular formula is C27H39NO4. The van der Waals surface area contributed by atoms with Gasteiger partial charge >= 0.3 is 6.09 Å². The second-order valence-corrected chi connectivity index (χ2v) is 11.6. The summed E-state index contributed by atoms with van der Waals surface area (Å²) in [6.45, 7) is 10.3. The van der Waals surface area contributed by atoms with E-state index in [1.807, 2.05) is 20.8 Å². The van der Waals surface area contributed by atoms with E-state index in [9.17, 15) is 14.4 Å². The Morgan fingerprint density at radius 1 is 1.19 bits per heavy atom. The van der Waals surface area contributed by atoms with Crippen molar-refractivity contribution in [3.63, 3.8) is 0 Å². The van der Waals surface area contributed by atoms with Gasteiger partial charge in [-0.3, -0.25) is 9.59 Å². The van der Waals surface area contributed by atoms with Gasteiger partial charge in [-0.15, -0.1) is 0 Å². The summed E-state index contributed by atoms with van der Waals surface area (Å²) in [5.74, 6) is 0.697. The maximum absolute atomic E-state index is 13.1. The minimum Gasteiger partial charge on any atom is -0.434 e. The van der Waals surface area contributed by atoms with E-state index in [1.165, 1.54) is 0 Å². The Bertz CT molecular complexity index is 873. The lowest BCUT2D eigenvalue weighted by atomic mass is 9.47. The SMILES string of the molecule is CCC(C)(C)NC(=O)O[C@]1(C(=O)C=O)CC[C@H]2[C@@H]3CCC4=CCC=C[C@]4(C)[C@H]3CC[C@@]21C. The summed E-state index contributed by atoms with van der Waals surface area (Å²) in [5, 5.41) is 2.90. The van der Waals surface area contributed by atoms with E-state index in [0.717, 1.165) is 44.9 Å². The molecule has 0 unspecified atom stereocenters. The molecular weight excluding hydrogens is 402 g/mol. The molecule has 0 spiro atoms. The number of fused-ring (bicyclic) bond motifs is 5. The van der Waals surface area contributed by atoms with Crippen molar-refractivity contribution in [2.24, 2.45) is 28.6 Å². The number of allylic oxidation sites excluding steroid dienone is 4. The van der Waals surface area contributed by atoms with E-state index in [4.69, 9.17) is 4.74 Å². The zero-order chi connectivity index (χ0) is 23.4. The van der Waals surface area contributed by atoms with Crippen molar-refractivity contribution in [2.75, 3.05) is 0 Å². The predicted molar refractivity (Wildman–Crippen MR) is 124 cm³/mol. The molecule has 0 aliphatic heterocycles. The number of carbonyl (C=O) groups is 3. The van der Waals surface area contributed by atoms with Crippen molar-refractivity contribution in [1.82, 2.24) is 5.32 Å². The average Bonchev–Trinajstić information content (AvgIpc) is 3.05. The molecule has 0 aromatic rings. The van der Waals surface area contributed by atoms with E-state index in [2.05, 4.69) is 37.4 Å². The van der Waals surface area contributed by atoms with Crippen LogP contribution in [0.5, 0.6) is 0 Å². The third-order valence-corrected chi connectivity index (χ3v) is 9.83. The Morgan fingerprint density at radius 2 is 1.91 bits per heavy atom. The molecule has 3 fully saturated rings. The third kappa shape index (κ3) is 3.30. The summed E-state index contributed by atoms with van der Waals surface area (Å²) in [6, 6.07) is 0. The number of hydrogen-bond acceptors (Lipinski definition) is 4. The number of ether oxygens (including phenoxy) is 1. The van der Waals surface area contributed by atoms with Crippen molar-refractivity contribution >= 4 is 18.2 Å². The van der Waals surface area contributed by atoms with Crippen molar-refractivity contribution in [3.8, 4) is 0 Å². The molecule has 0 bridgehead atoms. The molecule has 4 rings (SSSR count). The Labute approximate surface area is 192 Å². The van der Waals surface area contributed by atoms with E-state index in [-0.39, 0.29) is 11.3 Å². The molecule has 5 nitrogen and oxygen atoms in total. The van der Waals surface area contributed by atoms with Crippen LogP contribution in [0.3, 0.4) is 0 Å². The number of carbonyl (C=O) groups excluding carboxylic acids is 3. The van der Waals surface area contributed by atoms with Gasteiger partial charge in [0.15, 0.2) is 11.9 Å². The average molecular weight is 442 g/mol. The highest BCUT2D eigenvalue weighted by atomic mass is 16.6. The van der Waals surface area contributed by atoms with Crippen molar-refractivity contribution in [1.29, 1.82) is 0 Å². The number of Topliss-reactive ketones (excluding diaryl/α,β-unsaturated/α-hetero) is 1. The minimum absolute atomic E-state index is 0.0891. The number of rotatable bonds is 5. The van der Waals surface area contributed by atoms with Gasteiger partial charge in [-0.25, -0.2) is 4.79 Å². The number of hydrogen-bond donors (Lipinski definition) is 1. The molecule has 0 aromatic carbocycles. The van der Waals surface area contributed by atoms with Crippen LogP contribution in [-0.2, 0) is 14.3 Å². The third-order valence-electron chi connectivity index (χ3n) is 9.83. The van der Waals surface area contributed by atoms with Crippen molar-refractivity contribution in [3.05, 3.63) is 23.8 Å². The van der Waals surface area contributed by atoms with Gasteiger partial charge < -0.3 is 10.1 Å². The maximum atomic E-state index is 13.1. The zero-order valence-corrected chi connectivity index (χ0v) is 20.3. The molecule has 1 N–H and O–H groups in total. The second-order valence-electron chi connectivity index (χ2n) is 11.6. The van der Waals surface area contributed by atoms with Gasteiger partial charge in [0.05, 0.1) is 0 Å². The quantitative estimate of drug-likeness (QED) is 0.345. The monoisotopic (exact) mass is 441 g/mol. The highest BCUT2D eigenvalue weighted by Crippen LogP contribution is 2.67. The van der Waals surface area contributed by atoms with Gasteiger partial charge in [-0.05, 0) is 83.0 Å². The van der Waals surface area contributed by atoms with Crippen LogP contribution >= 0.6 is 0 Å². The molecule has 1 amide bonds. The first-order valence-electron chi connectivity index (χ1n) is 12.4.